The number of hydrogen-bond donors (Lipinski definition) is 1. The summed E-state index contributed by atoms with van der Waals surface area (Å²) in [5.41, 5.74) is 5.86. The zero-order valence-electron chi connectivity index (χ0n) is 11.6. The zero-order valence-corrected chi connectivity index (χ0v) is 11.6. The summed E-state index contributed by atoms with van der Waals surface area (Å²) in [5, 5.41) is 0. The Kier molecular flexibility index (Phi) is 5.77. The highest BCUT2D eigenvalue weighted by Gasteiger charge is 2.28. The van der Waals surface area contributed by atoms with E-state index in [1.54, 1.807) is 0 Å². The Morgan fingerprint density at radius 3 is 2.25 bits per heavy atom. The average Bonchev–Trinajstić information content (AvgIpc) is 2.63. The third-order valence-electron chi connectivity index (χ3n) is 3.92. The summed E-state index contributed by atoms with van der Waals surface area (Å²) >= 11 is 0. The van der Waals surface area contributed by atoms with Crippen LogP contribution in [0.25, 0.3) is 0 Å². The molecule has 0 aliphatic heterocycles. The standard InChI is InChI=1S/C14H30N2/c1-11(2)9-16(12(3)4)10-14-7-5-6-13(14)8-15/h11-14H,5-10,15H2,1-4H3. The van der Waals surface area contributed by atoms with Crippen molar-refractivity contribution in [3.63, 3.8) is 0 Å². The van der Waals surface area contributed by atoms with Crippen molar-refractivity contribution in [2.24, 2.45) is 23.5 Å². The van der Waals surface area contributed by atoms with E-state index >= 15 is 0 Å². The number of nitrogens with zero attached hydrogens (tertiary/aromatic N) is 1. The minimum absolute atomic E-state index is 0.668. The van der Waals surface area contributed by atoms with Crippen LogP contribution in [0.1, 0.15) is 47.0 Å². The van der Waals surface area contributed by atoms with E-state index < -0.39 is 0 Å². The van der Waals surface area contributed by atoms with E-state index in [-0.39, 0.29) is 0 Å². The molecular weight excluding hydrogens is 196 g/mol. The molecule has 1 fully saturated rings. The Bertz CT molecular complexity index is 189. The molecule has 2 N–H and O–H groups in total. The molecule has 0 saturated heterocycles. The summed E-state index contributed by atoms with van der Waals surface area (Å²) in [7, 11) is 0. The van der Waals surface area contributed by atoms with Crippen LogP contribution in [0.2, 0.25) is 0 Å². The molecule has 2 heteroatoms. The Morgan fingerprint density at radius 2 is 1.75 bits per heavy atom. The van der Waals surface area contributed by atoms with Crippen LogP contribution in [0.4, 0.5) is 0 Å². The summed E-state index contributed by atoms with van der Waals surface area (Å²) in [6.45, 7) is 12.6. The summed E-state index contributed by atoms with van der Waals surface area (Å²) in [6.07, 6.45) is 4.14. The molecule has 0 bridgehead atoms. The lowest BCUT2D eigenvalue weighted by Gasteiger charge is -2.32. The maximum atomic E-state index is 5.86. The highest BCUT2D eigenvalue weighted by atomic mass is 15.1. The van der Waals surface area contributed by atoms with E-state index in [2.05, 4.69) is 32.6 Å². The number of rotatable bonds is 6. The molecule has 1 aliphatic carbocycles. The van der Waals surface area contributed by atoms with Crippen molar-refractivity contribution in [1.29, 1.82) is 0 Å². The summed E-state index contributed by atoms with van der Waals surface area (Å²) in [5.74, 6) is 2.40. The Morgan fingerprint density at radius 1 is 1.12 bits per heavy atom. The van der Waals surface area contributed by atoms with E-state index in [9.17, 15) is 0 Å². The Labute approximate surface area is 102 Å². The van der Waals surface area contributed by atoms with Crippen LogP contribution in [0.15, 0.2) is 0 Å². The van der Waals surface area contributed by atoms with Crippen molar-refractivity contribution in [3.05, 3.63) is 0 Å². The molecule has 1 saturated carbocycles. The van der Waals surface area contributed by atoms with Gasteiger partial charge in [0.1, 0.15) is 0 Å². The van der Waals surface area contributed by atoms with Crippen molar-refractivity contribution >= 4 is 0 Å². The van der Waals surface area contributed by atoms with E-state index in [0.29, 0.717) is 6.04 Å². The third kappa shape index (κ3) is 4.06. The van der Waals surface area contributed by atoms with Gasteiger partial charge in [0.2, 0.25) is 0 Å². The molecule has 0 aromatic heterocycles. The lowest BCUT2D eigenvalue weighted by atomic mass is 9.95. The topological polar surface area (TPSA) is 29.3 Å². The second-order valence-electron chi connectivity index (χ2n) is 6.13. The Balaban J connectivity index is 2.47. The molecular formula is C14H30N2. The highest BCUT2D eigenvalue weighted by Crippen LogP contribution is 2.32. The van der Waals surface area contributed by atoms with Crippen LogP contribution >= 0.6 is 0 Å². The maximum Gasteiger partial charge on any atom is 0.00388 e. The molecule has 1 aliphatic rings. The van der Waals surface area contributed by atoms with E-state index in [0.717, 1.165) is 24.3 Å². The first-order chi connectivity index (χ1) is 7.54. The molecule has 2 atom stereocenters. The summed E-state index contributed by atoms with van der Waals surface area (Å²) in [4.78, 5) is 2.64. The zero-order chi connectivity index (χ0) is 12.1. The number of nitrogens with two attached hydrogens (primary N) is 1. The van der Waals surface area contributed by atoms with Gasteiger partial charge in [-0.25, -0.2) is 0 Å². The van der Waals surface area contributed by atoms with Crippen molar-refractivity contribution in [1.82, 2.24) is 4.90 Å². The molecule has 96 valence electrons. The predicted octanol–water partition coefficient (Wildman–Crippen LogP) is 2.73. The monoisotopic (exact) mass is 226 g/mol. The van der Waals surface area contributed by atoms with Gasteiger partial charge in [-0.2, -0.15) is 0 Å². The van der Waals surface area contributed by atoms with E-state index in [1.807, 2.05) is 0 Å². The second kappa shape index (κ2) is 6.61. The molecule has 0 amide bonds. The van der Waals surface area contributed by atoms with Crippen molar-refractivity contribution in [2.75, 3.05) is 19.6 Å². The SMILES string of the molecule is CC(C)CN(CC1CCCC1CN)C(C)C. The molecule has 0 heterocycles. The molecule has 16 heavy (non-hydrogen) atoms. The lowest BCUT2D eigenvalue weighted by Crippen LogP contribution is -2.39. The molecule has 0 aromatic carbocycles. The Hall–Kier alpha value is -0.0800. The van der Waals surface area contributed by atoms with Crippen molar-refractivity contribution in [3.8, 4) is 0 Å². The highest BCUT2D eigenvalue weighted by molar-refractivity contribution is 4.81. The average molecular weight is 226 g/mol. The molecule has 2 nitrogen and oxygen atoms in total. The fourth-order valence-corrected chi connectivity index (χ4v) is 2.93. The molecule has 0 spiro atoms. The quantitative estimate of drug-likeness (QED) is 0.754. The second-order valence-corrected chi connectivity index (χ2v) is 6.13. The minimum atomic E-state index is 0.668. The van der Waals surface area contributed by atoms with Gasteiger partial charge in [0.25, 0.3) is 0 Å². The van der Waals surface area contributed by atoms with Gasteiger partial charge in [-0.3, -0.25) is 0 Å². The van der Waals surface area contributed by atoms with Crippen molar-refractivity contribution < 1.29 is 0 Å². The molecule has 0 aromatic rings. The lowest BCUT2D eigenvalue weighted by molar-refractivity contribution is 0.153. The smallest absolute Gasteiger partial charge is 0.00388 e. The van der Waals surface area contributed by atoms with Crippen LogP contribution in [-0.2, 0) is 0 Å². The van der Waals surface area contributed by atoms with Gasteiger partial charge >= 0.3 is 0 Å². The largest absolute Gasteiger partial charge is 0.330 e. The van der Waals surface area contributed by atoms with Crippen LogP contribution in [0.3, 0.4) is 0 Å². The maximum absolute atomic E-state index is 5.86. The van der Waals surface area contributed by atoms with Crippen LogP contribution in [0, 0.1) is 17.8 Å². The third-order valence-corrected chi connectivity index (χ3v) is 3.92. The molecule has 1 rings (SSSR count). The van der Waals surface area contributed by atoms with Crippen molar-refractivity contribution in [2.45, 2.75) is 53.0 Å². The van der Waals surface area contributed by atoms with Crippen LogP contribution < -0.4 is 5.73 Å². The first kappa shape index (κ1) is 14.0. The van der Waals surface area contributed by atoms with Gasteiger partial charge in [-0.05, 0) is 51.0 Å². The first-order valence-corrected chi connectivity index (χ1v) is 6.98. The normalized spacial score (nSPS) is 26.2. The fraction of sp³-hybridized carbons (Fsp3) is 1.00. The van der Waals surface area contributed by atoms with Gasteiger partial charge < -0.3 is 10.6 Å². The fourth-order valence-electron chi connectivity index (χ4n) is 2.93. The van der Waals surface area contributed by atoms with Crippen LogP contribution in [0.5, 0.6) is 0 Å². The molecule has 0 radical (unpaired) electrons. The number of hydrogen-bond acceptors (Lipinski definition) is 2. The molecule has 2 unspecified atom stereocenters. The summed E-state index contributed by atoms with van der Waals surface area (Å²) < 4.78 is 0. The van der Waals surface area contributed by atoms with Crippen LogP contribution in [-0.4, -0.2) is 30.6 Å². The first-order valence-electron chi connectivity index (χ1n) is 6.98. The van der Waals surface area contributed by atoms with Gasteiger partial charge in [0, 0.05) is 19.1 Å². The predicted molar refractivity (Wildman–Crippen MR) is 71.4 cm³/mol. The van der Waals surface area contributed by atoms with Gasteiger partial charge in [0.05, 0.1) is 0 Å². The minimum Gasteiger partial charge on any atom is -0.330 e. The van der Waals surface area contributed by atoms with Gasteiger partial charge in [0.15, 0.2) is 0 Å². The summed E-state index contributed by atoms with van der Waals surface area (Å²) in [6, 6.07) is 0.668. The van der Waals surface area contributed by atoms with E-state index in [1.165, 1.54) is 32.4 Å². The van der Waals surface area contributed by atoms with Gasteiger partial charge in [-0.15, -0.1) is 0 Å². The van der Waals surface area contributed by atoms with Gasteiger partial charge in [-0.1, -0.05) is 20.3 Å². The van der Waals surface area contributed by atoms with E-state index in [4.69, 9.17) is 5.73 Å².